The van der Waals surface area contributed by atoms with Gasteiger partial charge in [-0.2, -0.15) is 0 Å². The lowest BCUT2D eigenvalue weighted by molar-refractivity contribution is -0.236. The molecule has 1 fully saturated rings. The summed E-state index contributed by atoms with van der Waals surface area (Å²) < 4.78 is 5.26. The van der Waals surface area contributed by atoms with Gasteiger partial charge >= 0.3 is 0 Å². The smallest absolute Gasteiger partial charge is 0.137 e. The van der Waals surface area contributed by atoms with E-state index in [1.807, 2.05) is 6.92 Å². The summed E-state index contributed by atoms with van der Waals surface area (Å²) >= 11 is 0. The van der Waals surface area contributed by atoms with Crippen molar-refractivity contribution < 1.29 is 25.2 Å². The fourth-order valence-corrected chi connectivity index (χ4v) is 1.69. The van der Waals surface area contributed by atoms with E-state index >= 15 is 0 Å². The Hall–Kier alpha value is -0.240. The molecule has 5 atom stereocenters. The average Bonchev–Trinajstić information content (AvgIpc) is 2.29. The highest BCUT2D eigenvalue weighted by molar-refractivity contribution is 4.90. The molecule has 1 heterocycles. The normalized spacial score (nSPS) is 39.9. The molecule has 0 aliphatic carbocycles. The van der Waals surface area contributed by atoms with E-state index in [1.165, 1.54) is 0 Å². The van der Waals surface area contributed by atoms with Gasteiger partial charge in [0.05, 0.1) is 6.61 Å². The molecular formula is C10H21NO5. The zero-order valence-electron chi connectivity index (χ0n) is 9.41. The molecule has 1 aliphatic heterocycles. The van der Waals surface area contributed by atoms with Crippen molar-refractivity contribution >= 4 is 0 Å². The summed E-state index contributed by atoms with van der Waals surface area (Å²) in [5.41, 5.74) is 0. The van der Waals surface area contributed by atoms with Crippen molar-refractivity contribution in [3.8, 4) is 0 Å². The van der Waals surface area contributed by atoms with E-state index in [4.69, 9.17) is 9.84 Å². The van der Waals surface area contributed by atoms with E-state index in [0.29, 0.717) is 6.54 Å². The first-order valence-corrected chi connectivity index (χ1v) is 5.65. The number of rotatable bonds is 5. The zero-order chi connectivity index (χ0) is 12.1. The minimum absolute atomic E-state index is 0.392. The molecule has 0 aromatic heterocycles. The number of aliphatic hydroxyl groups is 4. The SMILES string of the molecule is CCCCNC1O[C@H](CO)[C@@H](O)[C@H](O)[C@H]1O. The third-order valence-electron chi connectivity index (χ3n) is 2.77. The summed E-state index contributed by atoms with van der Waals surface area (Å²) in [7, 11) is 0. The molecule has 0 bridgehead atoms. The molecule has 5 N–H and O–H groups in total. The Morgan fingerprint density at radius 1 is 1.12 bits per heavy atom. The molecule has 0 spiro atoms. The number of nitrogens with one attached hydrogen (secondary N) is 1. The zero-order valence-corrected chi connectivity index (χ0v) is 9.41. The Bertz CT molecular complexity index is 202. The van der Waals surface area contributed by atoms with Crippen LogP contribution in [0.2, 0.25) is 0 Å². The molecule has 96 valence electrons. The molecule has 1 aliphatic rings. The Kier molecular flexibility index (Phi) is 5.60. The number of hydrogen-bond acceptors (Lipinski definition) is 6. The molecule has 0 saturated carbocycles. The molecule has 0 aromatic rings. The van der Waals surface area contributed by atoms with Gasteiger partial charge in [-0.3, -0.25) is 5.32 Å². The van der Waals surface area contributed by atoms with Gasteiger partial charge in [0.2, 0.25) is 0 Å². The van der Waals surface area contributed by atoms with Crippen LogP contribution in [0.4, 0.5) is 0 Å². The molecule has 0 radical (unpaired) electrons. The summed E-state index contributed by atoms with van der Waals surface area (Å²) in [6.07, 6.45) is -3.43. The van der Waals surface area contributed by atoms with E-state index in [1.54, 1.807) is 0 Å². The highest BCUT2D eigenvalue weighted by Crippen LogP contribution is 2.19. The molecule has 1 rings (SSSR count). The van der Waals surface area contributed by atoms with Crippen molar-refractivity contribution in [1.29, 1.82) is 0 Å². The van der Waals surface area contributed by atoms with Crippen LogP contribution in [-0.2, 0) is 4.74 Å². The van der Waals surface area contributed by atoms with E-state index in [-0.39, 0.29) is 0 Å². The van der Waals surface area contributed by atoms with Crippen LogP contribution in [0.5, 0.6) is 0 Å². The molecule has 1 unspecified atom stereocenters. The Morgan fingerprint density at radius 2 is 1.81 bits per heavy atom. The van der Waals surface area contributed by atoms with Gasteiger partial charge in [-0.25, -0.2) is 0 Å². The average molecular weight is 235 g/mol. The quantitative estimate of drug-likeness (QED) is 0.359. The summed E-state index contributed by atoms with van der Waals surface area (Å²) in [5.74, 6) is 0. The van der Waals surface area contributed by atoms with Crippen LogP contribution < -0.4 is 5.32 Å². The topological polar surface area (TPSA) is 102 Å². The van der Waals surface area contributed by atoms with Crippen LogP contribution in [0.15, 0.2) is 0 Å². The fourth-order valence-electron chi connectivity index (χ4n) is 1.69. The fraction of sp³-hybridized carbons (Fsp3) is 1.00. The number of ether oxygens (including phenoxy) is 1. The molecule has 1 saturated heterocycles. The van der Waals surface area contributed by atoms with Crippen LogP contribution in [0.25, 0.3) is 0 Å². The van der Waals surface area contributed by atoms with Crippen molar-refractivity contribution in [2.24, 2.45) is 0 Å². The molecular weight excluding hydrogens is 214 g/mol. The monoisotopic (exact) mass is 235 g/mol. The summed E-state index contributed by atoms with van der Waals surface area (Å²) in [6.45, 7) is 2.30. The summed E-state index contributed by atoms with van der Waals surface area (Å²) in [6, 6.07) is 0. The van der Waals surface area contributed by atoms with E-state index in [9.17, 15) is 15.3 Å². The van der Waals surface area contributed by atoms with Crippen molar-refractivity contribution in [3.05, 3.63) is 0 Å². The predicted molar refractivity (Wildman–Crippen MR) is 56.7 cm³/mol. The second kappa shape index (κ2) is 6.48. The van der Waals surface area contributed by atoms with E-state index in [0.717, 1.165) is 12.8 Å². The molecule has 0 aromatic carbocycles. The third-order valence-corrected chi connectivity index (χ3v) is 2.77. The van der Waals surface area contributed by atoms with Gasteiger partial charge in [-0.05, 0) is 13.0 Å². The van der Waals surface area contributed by atoms with Gasteiger partial charge in [-0.15, -0.1) is 0 Å². The van der Waals surface area contributed by atoms with E-state index < -0.39 is 37.3 Å². The van der Waals surface area contributed by atoms with Crippen molar-refractivity contribution in [3.63, 3.8) is 0 Å². The largest absolute Gasteiger partial charge is 0.394 e. The number of hydrogen-bond donors (Lipinski definition) is 5. The molecule has 16 heavy (non-hydrogen) atoms. The molecule has 0 amide bonds. The number of unbranched alkanes of at least 4 members (excludes halogenated alkanes) is 1. The minimum atomic E-state index is -1.30. The van der Waals surface area contributed by atoms with Crippen LogP contribution in [0, 0.1) is 0 Å². The van der Waals surface area contributed by atoms with Gasteiger partial charge in [-0.1, -0.05) is 13.3 Å². The first-order chi connectivity index (χ1) is 7.61. The maximum absolute atomic E-state index is 9.64. The summed E-state index contributed by atoms with van der Waals surface area (Å²) in [5, 5.41) is 40.5. The van der Waals surface area contributed by atoms with Gasteiger partial charge in [0.15, 0.2) is 0 Å². The predicted octanol–water partition coefficient (Wildman–Crippen LogP) is -1.82. The van der Waals surface area contributed by atoms with Crippen LogP contribution >= 0.6 is 0 Å². The maximum atomic E-state index is 9.64. The second-order valence-corrected chi connectivity index (χ2v) is 4.06. The third kappa shape index (κ3) is 3.13. The van der Waals surface area contributed by atoms with Gasteiger partial charge in [0, 0.05) is 0 Å². The Labute approximate surface area is 94.9 Å². The lowest BCUT2D eigenvalue weighted by atomic mass is 9.98. The second-order valence-electron chi connectivity index (χ2n) is 4.06. The Morgan fingerprint density at radius 3 is 2.38 bits per heavy atom. The van der Waals surface area contributed by atoms with Crippen molar-refractivity contribution in [2.75, 3.05) is 13.2 Å². The van der Waals surface area contributed by atoms with Crippen molar-refractivity contribution in [2.45, 2.75) is 50.4 Å². The van der Waals surface area contributed by atoms with E-state index in [2.05, 4.69) is 5.32 Å². The van der Waals surface area contributed by atoms with Crippen LogP contribution in [0.1, 0.15) is 19.8 Å². The first-order valence-electron chi connectivity index (χ1n) is 5.65. The minimum Gasteiger partial charge on any atom is -0.394 e. The van der Waals surface area contributed by atoms with Gasteiger partial charge in [0.25, 0.3) is 0 Å². The molecule has 6 heteroatoms. The highest BCUT2D eigenvalue weighted by atomic mass is 16.6. The van der Waals surface area contributed by atoms with Gasteiger partial charge < -0.3 is 25.2 Å². The van der Waals surface area contributed by atoms with Gasteiger partial charge in [0.1, 0.15) is 30.6 Å². The summed E-state index contributed by atoms with van der Waals surface area (Å²) in [4.78, 5) is 0. The lowest BCUT2D eigenvalue weighted by Crippen LogP contribution is -2.62. The standard InChI is InChI=1S/C10H21NO5/c1-2-3-4-11-10-9(15)8(14)7(13)6(5-12)16-10/h6-15H,2-5H2,1H3/t6-,7-,8+,9-,10?/m1/s1. The lowest BCUT2D eigenvalue weighted by Gasteiger charge is -2.40. The Balaban J connectivity index is 2.50. The van der Waals surface area contributed by atoms with Crippen LogP contribution in [-0.4, -0.2) is 64.2 Å². The van der Waals surface area contributed by atoms with Crippen molar-refractivity contribution in [1.82, 2.24) is 5.32 Å². The van der Waals surface area contributed by atoms with Crippen LogP contribution in [0.3, 0.4) is 0 Å². The molecule has 6 nitrogen and oxygen atoms in total. The number of aliphatic hydroxyl groups excluding tert-OH is 4. The maximum Gasteiger partial charge on any atom is 0.137 e. The highest BCUT2D eigenvalue weighted by Gasteiger charge is 2.42. The first kappa shape index (κ1) is 13.8.